The molecule has 0 aliphatic carbocycles. The van der Waals surface area contributed by atoms with Crippen molar-refractivity contribution >= 4 is 11.8 Å². The van der Waals surface area contributed by atoms with Crippen molar-refractivity contribution in [2.75, 3.05) is 13.7 Å². The zero-order chi connectivity index (χ0) is 35.0. The van der Waals surface area contributed by atoms with Crippen LogP contribution >= 0.6 is 0 Å². The summed E-state index contributed by atoms with van der Waals surface area (Å²) in [7, 11) is 0.802. The summed E-state index contributed by atoms with van der Waals surface area (Å²) in [6.45, 7) is -2.98. The number of hydrogen-bond acceptors (Lipinski definition) is 9. The van der Waals surface area contributed by atoms with Crippen LogP contribution in [0.4, 0.5) is 67.6 Å². The van der Waals surface area contributed by atoms with Gasteiger partial charge in [-0.15, -0.1) is 4.73 Å². The number of alkyl halides is 13. The Hall–Kier alpha value is -4.54. The Morgan fingerprint density at radius 2 is 1.36 bits per heavy atom. The van der Waals surface area contributed by atoms with Gasteiger partial charge >= 0.3 is 41.9 Å². The highest BCUT2D eigenvalue weighted by Gasteiger charge is 2.90. The Morgan fingerprint density at radius 1 is 0.844 bits per heavy atom. The normalized spacial score (nSPS) is 13.4. The maximum atomic E-state index is 14.0. The molecule has 0 spiro atoms. The van der Waals surface area contributed by atoms with Crippen molar-refractivity contribution in [2.24, 2.45) is 0 Å². The van der Waals surface area contributed by atoms with Gasteiger partial charge < -0.3 is 24.4 Å². The Kier molecular flexibility index (Phi) is 9.85. The van der Waals surface area contributed by atoms with Crippen LogP contribution in [0.1, 0.15) is 12.0 Å². The molecule has 0 amide bonds. The average molecular weight is 686 g/mol. The zero-order valence-corrected chi connectivity index (χ0v) is 21.5. The second-order valence-electron chi connectivity index (χ2n) is 8.46. The van der Waals surface area contributed by atoms with Gasteiger partial charge in [-0.2, -0.15) is 57.1 Å². The molecule has 0 radical (unpaired) electrons. The molecule has 0 atom stereocenters. The highest BCUT2D eigenvalue weighted by Crippen LogP contribution is 2.60. The van der Waals surface area contributed by atoms with Crippen LogP contribution in [-0.4, -0.2) is 75.5 Å². The van der Waals surface area contributed by atoms with Crippen LogP contribution in [0.5, 0.6) is 23.3 Å². The summed E-state index contributed by atoms with van der Waals surface area (Å²) >= 11 is 0. The predicted molar refractivity (Wildman–Crippen MR) is 115 cm³/mol. The number of benzene rings is 1. The van der Waals surface area contributed by atoms with Crippen LogP contribution in [0.2, 0.25) is 0 Å². The number of ether oxygens (including phenoxy) is 3. The van der Waals surface area contributed by atoms with Gasteiger partial charge in [0, 0.05) is 12.1 Å². The first-order valence-corrected chi connectivity index (χ1v) is 11.2. The van der Waals surface area contributed by atoms with Crippen molar-refractivity contribution in [3.63, 3.8) is 0 Å². The van der Waals surface area contributed by atoms with Gasteiger partial charge in [-0.3, -0.25) is 15.0 Å². The third kappa shape index (κ3) is 6.62. The minimum absolute atomic E-state index is 0.159. The molecule has 0 bridgehead atoms. The number of carbonyl (C=O) groups excluding carboxylic acids is 1. The zero-order valence-electron chi connectivity index (χ0n) is 21.5. The van der Waals surface area contributed by atoms with Gasteiger partial charge in [-0.1, -0.05) is 0 Å². The van der Waals surface area contributed by atoms with E-state index < -0.39 is 101 Å². The number of nitro benzene ring substituents is 1. The molecule has 45 heavy (non-hydrogen) atoms. The lowest BCUT2D eigenvalue weighted by atomic mass is 9.93. The predicted octanol–water partition coefficient (Wildman–Crippen LogP) is 6.09. The number of nitrogens with zero attached hydrogens (tertiary/aromatic N) is 2. The minimum atomic E-state index is -8.08. The molecular weight excluding hydrogens is 671 g/mol. The first-order chi connectivity index (χ1) is 20.3. The molecule has 0 unspecified atom stereocenters. The van der Waals surface area contributed by atoms with Crippen LogP contribution in [-0.2, 0) is 11.3 Å². The van der Waals surface area contributed by atoms with Gasteiger partial charge in [-0.25, -0.2) is 4.79 Å². The van der Waals surface area contributed by atoms with Gasteiger partial charge in [0.1, 0.15) is 6.61 Å². The number of methoxy groups -OCH3 is 1. The summed E-state index contributed by atoms with van der Waals surface area (Å²) < 4.78 is 186. The molecule has 254 valence electrons. The molecule has 2 rings (SSSR count). The molecule has 0 aliphatic heterocycles. The summed E-state index contributed by atoms with van der Waals surface area (Å²) in [5.74, 6) is -41.2. The number of hydrogen-bond donors (Lipinski definition) is 2. The first-order valence-electron chi connectivity index (χ1n) is 11.2. The van der Waals surface area contributed by atoms with Crippen molar-refractivity contribution in [3.8, 4) is 23.3 Å². The smallest absolute Gasteiger partial charge is 0.493 e. The van der Waals surface area contributed by atoms with Gasteiger partial charge in [0.2, 0.25) is 11.8 Å². The first kappa shape index (κ1) is 36.7. The van der Waals surface area contributed by atoms with Gasteiger partial charge in [0.15, 0.2) is 11.5 Å². The Labute approximate surface area is 239 Å². The molecule has 24 heteroatoms. The minimum Gasteiger partial charge on any atom is -0.493 e. The van der Waals surface area contributed by atoms with Crippen molar-refractivity contribution in [3.05, 3.63) is 39.9 Å². The lowest BCUT2D eigenvalue weighted by Crippen LogP contribution is -2.70. The van der Waals surface area contributed by atoms with Gasteiger partial charge in [0.25, 0.3) is 5.69 Å². The monoisotopic (exact) mass is 686 g/mol. The fourth-order valence-electron chi connectivity index (χ4n) is 3.13. The third-order valence-corrected chi connectivity index (χ3v) is 5.54. The maximum absolute atomic E-state index is 14.0. The second kappa shape index (κ2) is 12.1. The summed E-state index contributed by atoms with van der Waals surface area (Å²) in [5.41, 5.74) is -1.66. The topological polar surface area (TPSA) is 143 Å². The maximum Gasteiger partial charge on any atom is 0.534 e. The van der Waals surface area contributed by atoms with E-state index in [9.17, 15) is 82.2 Å². The molecule has 1 heterocycles. The second-order valence-corrected chi connectivity index (χ2v) is 8.46. The molecule has 0 saturated heterocycles. The molecule has 2 aromatic rings. The number of nitro groups is 1. The summed E-state index contributed by atoms with van der Waals surface area (Å²) in [6, 6.07) is 2.71. The standard InChI is InChI=1S/C21H15F13N2O9/c1-42-11-6-9(8-44-15(39)45-35-13(37)2-3-14(35)38)10(36(40)41)7-12(11)43-5-4-16(22,23)17(24,25)18(26,27)19(28,29)20(30,31)21(32,33)34/h2-3,6-7,37-38H,4-5,8H2,1H3. The average Bonchev–Trinajstić information content (AvgIpc) is 3.22. The van der Waals surface area contributed by atoms with Gasteiger partial charge in [0.05, 0.1) is 36.7 Å². The van der Waals surface area contributed by atoms with Crippen LogP contribution in [0.25, 0.3) is 0 Å². The Morgan fingerprint density at radius 3 is 1.82 bits per heavy atom. The molecule has 1 aromatic heterocycles. The fraction of sp³-hybridized carbons (Fsp3) is 0.476. The number of carbonyl (C=O) groups is 1. The van der Waals surface area contributed by atoms with Crippen LogP contribution in [0.15, 0.2) is 24.3 Å². The summed E-state index contributed by atoms with van der Waals surface area (Å²) in [5, 5.41) is 30.2. The van der Waals surface area contributed by atoms with Crippen LogP contribution in [0.3, 0.4) is 0 Å². The number of halogens is 13. The van der Waals surface area contributed by atoms with Crippen LogP contribution in [0, 0.1) is 10.1 Å². The van der Waals surface area contributed by atoms with Crippen LogP contribution < -0.4 is 14.3 Å². The van der Waals surface area contributed by atoms with E-state index in [2.05, 4.69) is 14.3 Å². The van der Waals surface area contributed by atoms with E-state index in [-0.39, 0.29) is 4.73 Å². The Balaban J connectivity index is 2.26. The third-order valence-electron chi connectivity index (χ3n) is 5.54. The van der Waals surface area contributed by atoms with Crippen molar-refractivity contribution < 1.29 is 96.1 Å². The largest absolute Gasteiger partial charge is 0.534 e. The molecule has 0 saturated carbocycles. The lowest BCUT2D eigenvalue weighted by Gasteiger charge is -2.39. The number of aromatic nitrogens is 1. The highest BCUT2D eigenvalue weighted by molar-refractivity contribution is 5.61. The Bertz CT molecular complexity index is 1390. The fourth-order valence-corrected chi connectivity index (χ4v) is 3.13. The SMILES string of the molecule is COc1cc(COC(=O)On2c(O)ccc2O)c([N+](=O)[O-])cc1OCCC(F)(F)C(F)(F)C(F)(F)C(F)(F)C(F)(F)C(F)(F)F. The molecular formula is C21H15F13N2O9. The molecule has 11 nitrogen and oxygen atoms in total. The molecule has 1 aromatic carbocycles. The van der Waals surface area contributed by atoms with E-state index in [0.717, 1.165) is 19.2 Å². The van der Waals surface area contributed by atoms with Gasteiger partial charge in [-0.05, 0) is 6.07 Å². The van der Waals surface area contributed by atoms with E-state index in [4.69, 9.17) is 4.74 Å². The quantitative estimate of drug-likeness (QED) is 0.111. The molecule has 0 fully saturated rings. The lowest BCUT2D eigenvalue weighted by molar-refractivity contribution is -0.440. The number of rotatable bonds is 13. The van der Waals surface area contributed by atoms with Crippen molar-refractivity contribution in [1.29, 1.82) is 0 Å². The summed E-state index contributed by atoms with van der Waals surface area (Å²) in [6.07, 6.45) is -12.0. The van der Waals surface area contributed by atoms with E-state index >= 15 is 0 Å². The van der Waals surface area contributed by atoms with E-state index in [1.807, 2.05) is 0 Å². The summed E-state index contributed by atoms with van der Waals surface area (Å²) in [4.78, 5) is 26.4. The van der Waals surface area contributed by atoms with Crippen molar-refractivity contribution in [1.82, 2.24) is 4.73 Å². The number of aromatic hydroxyl groups is 2. The molecule has 0 aliphatic rings. The van der Waals surface area contributed by atoms with E-state index in [1.54, 1.807) is 0 Å². The highest BCUT2D eigenvalue weighted by atomic mass is 19.4. The molecule has 2 N–H and O–H groups in total. The van der Waals surface area contributed by atoms with Crippen molar-refractivity contribution in [2.45, 2.75) is 48.8 Å². The van der Waals surface area contributed by atoms with E-state index in [1.165, 1.54) is 0 Å². The van der Waals surface area contributed by atoms with E-state index in [0.29, 0.717) is 12.1 Å².